The Morgan fingerprint density at radius 2 is 1.50 bits per heavy atom. The molecule has 0 fully saturated rings. The van der Waals surface area contributed by atoms with Crippen molar-refractivity contribution in [2.24, 2.45) is 0 Å². The van der Waals surface area contributed by atoms with Crippen LogP contribution in [-0.4, -0.2) is 31.6 Å². The number of aryl methyl sites for hydroxylation is 2. The van der Waals surface area contributed by atoms with Crippen LogP contribution in [0.3, 0.4) is 0 Å². The quantitative estimate of drug-likeness (QED) is 0.867. The van der Waals surface area contributed by atoms with Crippen molar-refractivity contribution in [3.05, 3.63) is 58.1 Å². The van der Waals surface area contributed by atoms with Gasteiger partial charge in [-0.25, -0.2) is 0 Å². The Kier molecular flexibility index (Phi) is 4.47. The number of fused-ring (bicyclic) bond motifs is 1. The maximum atomic E-state index is 12.9. The molecule has 1 aliphatic rings. The number of carbonyl (C=O) groups excluding carboxylic acids is 1. The van der Waals surface area contributed by atoms with Gasteiger partial charge < -0.3 is 14.4 Å². The monoisotopic (exact) mass is 325 g/mol. The summed E-state index contributed by atoms with van der Waals surface area (Å²) in [6.45, 7) is 5.36. The van der Waals surface area contributed by atoms with Gasteiger partial charge in [0.05, 0.1) is 14.2 Å². The predicted molar refractivity (Wildman–Crippen MR) is 93.9 cm³/mol. The third-order valence-electron chi connectivity index (χ3n) is 4.47. The first kappa shape index (κ1) is 16.4. The summed E-state index contributed by atoms with van der Waals surface area (Å²) in [7, 11) is 3.27. The van der Waals surface area contributed by atoms with E-state index in [4.69, 9.17) is 9.47 Å². The van der Waals surface area contributed by atoms with E-state index in [1.807, 2.05) is 43.0 Å². The molecule has 24 heavy (non-hydrogen) atoms. The fourth-order valence-electron chi connectivity index (χ4n) is 3.34. The van der Waals surface area contributed by atoms with Gasteiger partial charge in [0.1, 0.15) is 0 Å². The number of nitrogens with zero attached hydrogens (tertiary/aromatic N) is 1. The Hall–Kier alpha value is -2.49. The molecule has 0 aliphatic carbocycles. The summed E-state index contributed by atoms with van der Waals surface area (Å²) < 4.78 is 10.8. The first-order chi connectivity index (χ1) is 11.5. The Bertz CT molecular complexity index is 762. The molecule has 0 aromatic heterocycles. The van der Waals surface area contributed by atoms with Crippen molar-refractivity contribution >= 4 is 5.91 Å². The van der Waals surface area contributed by atoms with Crippen LogP contribution >= 0.6 is 0 Å². The molecule has 4 heteroatoms. The van der Waals surface area contributed by atoms with E-state index >= 15 is 0 Å². The molecule has 0 atom stereocenters. The average Bonchev–Trinajstić information content (AvgIpc) is 2.58. The maximum Gasteiger partial charge on any atom is 0.254 e. The maximum absolute atomic E-state index is 12.9. The first-order valence-corrected chi connectivity index (χ1v) is 8.13. The topological polar surface area (TPSA) is 38.8 Å². The van der Waals surface area contributed by atoms with Crippen LogP contribution < -0.4 is 9.47 Å². The summed E-state index contributed by atoms with van der Waals surface area (Å²) in [5.41, 5.74) is 5.33. The molecule has 2 aromatic carbocycles. The van der Waals surface area contributed by atoms with Crippen molar-refractivity contribution < 1.29 is 14.3 Å². The van der Waals surface area contributed by atoms with Gasteiger partial charge in [0.2, 0.25) is 0 Å². The van der Waals surface area contributed by atoms with E-state index in [0.29, 0.717) is 18.8 Å². The highest BCUT2D eigenvalue weighted by molar-refractivity contribution is 5.94. The van der Waals surface area contributed by atoms with Gasteiger partial charge in [0, 0.05) is 18.7 Å². The van der Waals surface area contributed by atoms with Gasteiger partial charge in [-0.05, 0) is 55.7 Å². The van der Waals surface area contributed by atoms with Crippen molar-refractivity contribution in [1.29, 1.82) is 0 Å². The lowest BCUT2D eigenvalue weighted by molar-refractivity contribution is 0.0734. The van der Waals surface area contributed by atoms with E-state index in [0.717, 1.165) is 34.4 Å². The SMILES string of the molecule is COc1cc2c(cc1OC)CN(C(=O)c1cc(C)cc(C)c1)CC2. The molecular weight excluding hydrogens is 302 g/mol. The lowest BCUT2D eigenvalue weighted by Gasteiger charge is -2.30. The van der Waals surface area contributed by atoms with Gasteiger partial charge >= 0.3 is 0 Å². The standard InChI is InChI=1S/C20H23NO3/c1-13-7-14(2)9-16(8-13)20(22)21-6-5-15-10-18(23-3)19(24-4)11-17(15)12-21/h7-11H,5-6,12H2,1-4H3. The Labute approximate surface area is 143 Å². The largest absolute Gasteiger partial charge is 0.493 e. The third-order valence-corrected chi connectivity index (χ3v) is 4.47. The lowest BCUT2D eigenvalue weighted by Crippen LogP contribution is -2.36. The van der Waals surface area contributed by atoms with Crippen LogP contribution in [-0.2, 0) is 13.0 Å². The highest BCUT2D eigenvalue weighted by Gasteiger charge is 2.23. The molecule has 126 valence electrons. The number of amides is 1. The molecule has 2 aromatic rings. The van der Waals surface area contributed by atoms with Crippen LogP contribution in [0, 0.1) is 13.8 Å². The minimum Gasteiger partial charge on any atom is -0.493 e. The van der Waals surface area contributed by atoms with Gasteiger partial charge in [-0.2, -0.15) is 0 Å². The Balaban J connectivity index is 1.87. The molecule has 0 saturated carbocycles. The summed E-state index contributed by atoms with van der Waals surface area (Å²) in [5.74, 6) is 1.53. The molecule has 1 heterocycles. The van der Waals surface area contributed by atoms with E-state index in [-0.39, 0.29) is 5.91 Å². The van der Waals surface area contributed by atoms with Crippen LogP contribution in [0.15, 0.2) is 30.3 Å². The van der Waals surface area contributed by atoms with Gasteiger partial charge in [0.15, 0.2) is 11.5 Å². The Morgan fingerprint density at radius 1 is 0.917 bits per heavy atom. The van der Waals surface area contributed by atoms with Gasteiger partial charge in [0.25, 0.3) is 5.91 Å². The molecular formula is C20H23NO3. The van der Waals surface area contributed by atoms with Crippen LogP contribution in [0.1, 0.15) is 32.6 Å². The van der Waals surface area contributed by atoms with Crippen molar-refractivity contribution in [2.45, 2.75) is 26.8 Å². The summed E-state index contributed by atoms with van der Waals surface area (Å²) in [6.07, 6.45) is 0.826. The second-order valence-corrected chi connectivity index (χ2v) is 6.33. The number of carbonyl (C=O) groups is 1. The van der Waals surface area contributed by atoms with Crippen LogP contribution in [0.2, 0.25) is 0 Å². The van der Waals surface area contributed by atoms with E-state index in [1.54, 1.807) is 14.2 Å². The summed E-state index contributed by atoms with van der Waals surface area (Å²) in [5, 5.41) is 0. The zero-order valence-corrected chi connectivity index (χ0v) is 14.7. The van der Waals surface area contributed by atoms with Gasteiger partial charge in [-0.15, -0.1) is 0 Å². The van der Waals surface area contributed by atoms with Crippen LogP contribution in [0.25, 0.3) is 0 Å². The molecule has 0 bridgehead atoms. The second kappa shape index (κ2) is 6.56. The van der Waals surface area contributed by atoms with Gasteiger partial charge in [-0.3, -0.25) is 4.79 Å². The Morgan fingerprint density at radius 3 is 2.08 bits per heavy atom. The van der Waals surface area contributed by atoms with Crippen molar-refractivity contribution in [2.75, 3.05) is 20.8 Å². The summed E-state index contributed by atoms with van der Waals surface area (Å²) in [6, 6.07) is 10.0. The third kappa shape index (κ3) is 3.09. The predicted octanol–water partition coefficient (Wildman–Crippen LogP) is 3.52. The summed E-state index contributed by atoms with van der Waals surface area (Å²) in [4.78, 5) is 14.8. The molecule has 0 radical (unpaired) electrons. The highest BCUT2D eigenvalue weighted by atomic mass is 16.5. The average molecular weight is 325 g/mol. The van der Waals surface area contributed by atoms with Crippen molar-refractivity contribution in [3.63, 3.8) is 0 Å². The van der Waals surface area contributed by atoms with E-state index in [1.165, 1.54) is 5.56 Å². The van der Waals surface area contributed by atoms with Crippen LogP contribution in [0.4, 0.5) is 0 Å². The van der Waals surface area contributed by atoms with E-state index in [2.05, 4.69) is 6.07 Å². The molecule has 0 spiro atoms. The minimum atomic E-state index is 0.0854. The molecule has 4 nitrogen and oxygen atoms in total. The van der Waals surface area contributed by atoms with Crippen LogP contribution in [0.5, 0.6) is 11.5 Å². The van der Waals surface area contributed by atoms with Gasteiger partial charge in [-0.1, -0.05) is 17.2 Å². The number of methoxy groups -OCH3 is 2. The molecule has 0 N–H and O–H groups in total. The molecule has 1 aliphatic heterocycles. The zero-order valence-electron chi connectivity index (χ0n) is 14.7. The molecule has 1 amide bonds. The number of ether oxygens (including phenoxy) is 2. The van der Waals surface area contributed by atoms with E-state index < -0.39 is 0 Å². The molecule has 0 unspecified atom stereocenters. The first-order valence-electron chi connectivity index (χ1n) is 8.13. The minimum absolute atomic E-state index is 0.0854. The highest BCUT2D eigenvalue weighted by Crippen LogP contribution is 2.33. The smallest absolute Gasteiger partial charge is 0.254 e. The van der Waals surface area contributed by atoms with Crippen molar-refractivity contribution in [3.8, 4) is 11.5 Å². The number of hydrogen-bond acceptors (Lipinski definition) is 3. The fraction of sp³-hybridized carbons (Fsp3) is 0.350. The fourth-order valence-corrected chi connectivity index (χ4v) is 3.34. The molecule has 0 saturated heterocycles. The van der Waals surface area contributed by atoms with Crippen molar-refractivity contribution in [1.82, 2.24) is 4.90 Å². The number of rotatable bonds is 3. The second-order valence-electron chi connectivity index (χ2n) is 6.33. The normalized spacial score (nSPS) is 13.4. The van der Waals surface area contributed by atoms with E-state index in [9.17, 15) is 4.79 Å². The summed E-state index contributed by atoms with van der Waals surface area (Å²) >= 11 is 0. The number of benzene rings is 2. The zero-order chi connectivity index (χ0) is 17.3. The lowest BCUT2D eigenvalue weighted by atomic mass is 9.97. The molecule has 3 rings (SSSR count). The number of hydrogen-bond donors (Lipinski definition) is 0.